The third-order valence-corrected chi connectivity index (χ3v) is 2.73. The van der Waals surface area contributed by atoms with E-state index >= 15 is 0 Å². The predicted molar refractivity (Wildman–Crippen MR) is 71.5 cm³/mol. The number of non-ortho nitro benzene ring substituents is 1. The van der Waals surface area contributed by atoms with Crippen molar-refractivity contribution < 1.29 is 19.9 Å². The Morgan fingerprint density at radius 3 is 2.55 bits per heavy atom. The van der Waals surface area contributed by atoms with Gasteiger partial charge in [0.15, 0.2) is 0 Å². The van der Waals surface area contributed by atoms with Crippen molar-refractivity contribution in [1.82, 2.24) is 0 Å². The molecule has 0 saturated carbocycles. The largest absolute Gasteiger partial charge is 0.457 e. The van der Waals surface area contributed by atoms with Crippen LogP contribution in [-0.4, -0.2) is 15.1 Å². The predicted octanol–water partition coefficient (Wildman–Crippen LogP) is 2.37. The molecule has 20 heavy (non-hydrogen) atoms. The molecule has 0 radical (unpaired) electrons. The molecule has 0 saturated heterocycles. The molecule has 6 nitrogen and oxygen atoms in total. The fourth-order valence-corrected chi connectivity index (χ4v) is 1.74. The molecule has 2 rings (SSSR count). The van der Waals surface area contributed by atoms with Gasteiger partial charge in [-0.1, -0.05) is 12.1 Å². The van der Waals surface area contributed by atoms with Crippen LogP contribution in [0.5, 0.6) is 11.5 Å². The van der Waals surface area contributed by atoms with Gasteiger partial charge in [-0.3, -0.25) is 10.1 Å². The molecular formula is C14H13NO5. The van der Waals surface area contributed by atoms with Crippen LogP contribution in [0.15, 0.2) is 42.5 Å². The molecule has 0 aliphatic carbocycles. The molecule has 0 amide bonds. The van der Waals surface area contributed by atoms with Gasteiger partial charge in [0.1, 0.15) is 11.5 Å². The lowest BCUT2D eigenvalue weighted by Crippen LogP contribution is -1.95. The van der Waals surface area contributed by atoms with Crippen LogP contribution < -0.4 is 4.74 Å². The lowest BCUT2D eigenvalue weighted by Gasteiger charge is -2.10. The minimum absolute atomic E-state index is 0.106. The van der Waals surface area contributed by atoms with Crippen molar-refractivity contribution >= 4 is 5.69 Å². The summed E-state index contributed by atoms with van der Waals surface area (Å²) in [5.41, 5.74) is 0.911. The van der Waals surface area contributed by atoms with Crippen molar-refractivity contribution in [2.75, 3.05) is 0 Å². The van der Waals surface area contributed by atoms with Gasteiger partial charge < -0.3 is 14.9 Å². The van der Waals surface area contributed by atoms with Crippen LogP contribution in [0.25, 0.3) is 0 Å². The maximum Gasteiger partial charge on any atom is 0.270 e. The summed E-state index contributed by atoms with van der Waals surface area (Å²) in [4.78, 5) is 10.1. The van der Waals surface area contributed by atoms with E-state index in [9.17, 15) is 15.2 Å². The van der Waals surface area contributed by atoms with E-state index in [1.165, 1.54) is 18.2 Å². The lowest BCUT2D eigenvalue weighted by atomic mass is 10.2. The number of hydrogen-bond donors (Lipinski definition) is 2. The first-order valence-electron chi connectivity index (χ1n) is 5.90. The number of rotatable bonds is 5. The van der Waals surface area contributed by atoms with E-state index in [-0.39, 0.29) is 18.9 Å². The molecule has 0 spiro atoms. The Morgan fingerprint density at radius 1 is 1.10 bits per heavy atom. The Bertz CT molecular complexity index is 627. The summed E-state index contributed by atoms with van der Waals surface area (Å²) >= 11 is 0. The third-order valence-electron chi connectivity index (χ3n) is 2.73. The zero-order chi connectivity index (χ0) is 14.5. The van der Waals surface area contributed by atoms with Crippen LogP contribution in [0.1, 0.15) is 11.1 Å². The molecule has 6 heteroatoms. The van der Waals surface area contributed by atoms with Crippen LogP contribution in [0.4, 0.5) is 5.69 Å². The van der Waals surface area contributed by atoms with E-state index in [0.29, 0.717) is 22.6 Å². The quantitative estimate of drug-likeness (QED) is 0.645. The zero-order valence-corrected chi connectivity index (χ0v) is 10.5. The molecule has 2 aromatic carbocycles. The first-order chi connectivity index (χ1) is 9.63. The normalized spacial score (nSPS) is 10.3. The molecule has 0 aliphatic heterocycles. The van der Waals surface area contributed by atoms with Crippen molar-refractivity contribution in [2.24, 2.45) is 0 Å². The molecule has 2 aromatic rings. The van der Waals surface area contributed by atoms with Gasteiger partial charge in [-0.05, 0) is 23.8 Å². The maximum absolute atomic E-state index is 10.7. The molecule has 0 aromatic heterocycles. The van der Waals surface area contributed by atoms with E-state index in [0.717, 1.165) is 0 Å². The smallest absolute Gasteiger partial charge is 0.270 e. The fourth-order valence-electron chi connectivity index (χ4n) is 1.74. The van der Waals surface area contributed by atoms with Crippen LogP contribution in [0.2, 0.25) is 0 Å². The van der Waals surface area contributed by atoms with Crippen molar-refractivity contribution in [1.29, 1.82) is 0 Å². The number of nitro benzene ring substituents is 1. The maximum atomic E-state index is 10.7. The summed E-state index contributed by atoms with van der Waals surface area (Å²) in [5, 5.41) is 29.0. The highest BCUT2D eigenvalue weighted by molar-refractivity contribution is 5.45. The number of benzene rings is 2. The number of aliphatic hydroxyl groups is 2. The number of nitro groups is 1. The van der Waals surface area contributed by atoms with E-state index < -0.39 is 4.92 Å². The Labute approximate surface area is 115 Å². The minimum Gasteiger partial charge on any atom is -0.457 e. The molecule has 0 fully saturated rings. The molecule has 0 heterocycles. The Morgan fingerprint density at radius 2 is 1.90 bits per heavy atom. The summed E-state index contributed by atoms with van der Waals surface area (Å²) in [6.07, 6.45) is 0. The van der Waals surface area contributed by atoms with Crippen LogP contribution in [-0.2, 0) is 13.2 Å². The first-order valence-corrected chi connectivity index (χ1v) is 5.90. The Hall–Kier alpha value is -2.44. The average molecular weight is 275 g/mol. The summed E-state index contributed by atoms with van der Waals surface area (Å²) in [5.74, 6) is 0.827. The van der Waals surface area contributed by atoms with E-state index in [1.807, 2.05) is 0 Å². The Balaban J connectivity index is 2.30. The van der Waals surface area contributed by atoms with Gasteiger partial charge in [0.25, 0.3) is 5.69 Å². The van der Waals surface area contributed by atoms with Crippen molar-refractivity contribution in [2.45, 2.75) is 13.2 Å². The number of hydrogen-bond acceptors (Lipinski definition) is 5. The van der Waals surface area contributed by atoms with Gasteiger partial charge in [-0.15, -0.1) is 0 Å². The van der Waals surface area contributed by atoms with Gasteiger partial charge in [-0.25, -0.2) is 0 Å². The van der Waals surface area contributed by atoms with Crippen molar-refractivity contribution in [3.05, 3.63) is 63.7 Å². The summed E-state index contributed by atoms with van der Waals surface area (Å²) < 4.78 is 5.58. The van der Waals surface area contributed by atoms with Gasteiger partial charge in [0.05, 0.1) is 18.1 Å². The second-order valence-corrected chi connectivity index (χ2v) is 4.11. The standard InChI is InChI=1S/C14H13NO5/c16-8-10-2-1-3-13(6-10)20-14-5-4-12(15(18)19)7-11(14)9-17/h1-7,16-17H,8-9H2. The highest BCUT2D eigenvalue weighted by atomic mass is 16.6. The molecule has 2 N–H and O–H groups in total. The molecular weight excluding hydrogens is 262 g/mol. The molecule has 0 bridgehead atoms. The Kier molecular flexibility index (Phi) is 4.29. The fraction of sp³-hybridized carbons (Fsp3) is 0.143. The summed E-state index contributed by atoms with van der Waals surface area (Å²) in [7, 11) is 0. The van der Waals surface area contributed by atoms with E-state index in [2.05, 4.69) is 0 Å². The number of aliphatic hydroxyl groups excluding tert-OH is 2. The first kappa shape index (κ1) is 14.0. The molecule has 0 unspecified atom stereocenters. The number of ether oxygens (including phenoxy) is 1. The van der Waals surface area contributed by atoms with Gasteiger partial charge in [-0.2, -0.15) is 0 Å². The summed E-state index contributed by atoms with van der Waals surface area (Å²) in [6, 6.07) is 10.8. The molecule has 104 valence electrons. The highest BCUT2D eigenvalue weighted by Gasteiger charge is 2.12. The lowest BCUT2D eigenvalue weighted by molar-refractivity contribution is -0.385. The van der Waals surface area contributed by atoms with Gasteiger partial charge in [0.2, 0.25) is 0 Å². The highest BCUT2D eigenvalue weighted by Crippen LogP contribution is 2.29. The van der Waals surface area contributed by atoms with E-state index in [1.54, 1.807) is 24.3 Å². The topological polar surface area (TPSA) is 92.8 Å². The molecule has 0 aliphatic rings. The number of nitrogens with zero attached hydrogens (tertiary/aromatic N) is 1. The van der Waals surface area contributed by atoms with E-state index in [4.69, 9.17) is 9.84 Å². The monoisotopic (exact) mass is 275 g/mol. The van der Waals surface area contributed by atoms with Crippen LogP contribution in [0.3, 0.4) is 0 Å². The second kappa shape index (κ2) is 6.14. The SMILES string of the molecule is O=[N+]([O-])c1ccc(Oc2cccc(CO)c2)c(CO)c1. The van der Waals surface area contributed by atoms with Crippen LogP contribution in [0, 0.1) is 10.1 Å². The van der Waals surface area contributed by atoms with Gasteiger partial charge in [0, 0.05) is 17.7 Å². The van der Waals surface area contributed by atoms with Crippen molar-refractivity contribution in [3.8, 4) is 11.5 Å². The third kappa shape index (κ3) is 3.11. The minimum atomic E-state index is -0.532. The average Bonchev–Trinajstić information content (AvgIpc) is 2.47. The molecule has 0 atom stereocenters. The second-order valence-electron chi connectivity index (χ2n) is 4.11. The summed E-state index contributed by atoms with van der Waals surface area (Å²) in [6.45, 7) is -0.471. The van der Waals surface area contributed by atoms with Crippen LogP contribution >= 0.6 is 0 Å². The zero-order valence-electron chi connectivity index (χ0n) is 10.5. The van der Waals surface area contributed by atoms with Gasteiger partial charge >= 0.3 is 0 Å². The van der Waals surface area contributed by atoms with Crippen molar-refractivity contribution in [3.63, 3.8) is 0 Å².